The molecule has 6 nitrogen and oxygen atoms in total. The minimum absolute atomic E-state index is 0.0355. The molecule has 2 aliphatic rings. The molecule has 1 aliphatic carbocycles. The van der Waals surface area contributed by atoms with Crippen LogP contribution in [0.5, 0.6) is 5.75 Å². The van der Waals surface area contributed by atoms with Crippen molar-refractivity contribution in [2.24, 2.45) is 5.92 Å². The third-order valence-corrected chi connectivity index (χ3v) is 7.29. The summed E-state index contributed by atoms with van der Waals surface area (Å²) < 4.78 is 26.1. The smallest absolute Gasteiger partial charge is 0.273 e. The van der Waals surface area contributed by atoms with Crippen molar-refractivity contribution in [1.82, 2.24) is 15.2 Å². The number of benzene rings is 3. The van der Waals surface area contributed by atoms with Gasteiger partial charge in [-0.05, 0) is 60.1 Å². The van der Waals surface area contributed by atoms with Crippen LogP contribution in [-0.4, -0.2) is 28.9 Å². The molecule has 7 heteroatoms. The van der Waals surface area contributed by atoms with Gasteiger partial charge < -0.3 is 14.5 Å². The molecule has 0 bridgehead atoms. The van der Waals surface area contributed by atoms with Crippen molar-refractivity contribution >= 4 is 5.91 Å². The molecule has 1 atom stereocenters. The molecule has 0 saturated heterocycles. The number of halogens is 1. The molecule has 6 rings (SSSR count). The molecular weight excluding hydrogens is 481 g/mol. The second-order valence-electron chi connectivity index (χ2n) is 10.1. The zero-order valence-electron chi connectivity index (χ0n) is 21.1. The van der Waals surface area contributed by atoms with E-state index in [1.807, 2.05) is 36.4 Å². The largest absolute Gasteiger partial charge is 0.484 e. The number of fused-ring (bicyclic) bond motifs is 1. The number of oxazole rings is 1. The van der Waals surface area contributed by atoms with Crippen LogP contribution in [0, 0.1) is 11.7 Å². The molecule has 0 radical (unpaired) electrons. The van der Waals surface area contributed by atoms with E-state index in [0.717, 1.165) is 24.1 Å². The van der Waals surface area contributed by atoms with E-state index in [1.54, 1.807) is 6.07 Å². The monoisotopic (exact) mass is 511 g/mol. The molecule has 1 unspecified atom stereocenters. The highest BCUT2D eigenvalue weighted by Crippen LogP contribution is 2.38. The quantitative estimate of drug-likeness (QED) is 0.313. The van der Waals surface area contributed by atoms with Gasteiger partial charge in [0.15, 0.2) is 12.3 Å². The van der Waals surface area contributed by atoms with Crippen molar-refractivity contribution < 1.29 is 18.3 Å². The summed E-state index contributed by atoms with van der Waals surface area (Å²) in [5.74, 6) is 1.23. The van der Waals surface area contributed by atoms with Gasteiger partial charge in [0.1, 0.15) is 17.8 Å². The normalized spacial score (nSPS) is 17.1. The average Bonchev–Trinajstić information content (AvgIpc) is 3.66. The lowest BCUT2D eigenvalue weighted by Crippen LogP contribution is -2.36. The fourth-order valence-corrected chi connectivity index (χ4v) is 5.05. The third kappa shape index (κ3) is 5.48. The van der Waals surface area contributed by atoms with Crippen LogP contribution in [0.3, 0.4) is 0 Å². The predicted molar refractivity (Wildman–Crippen MR) is 141 cm³/mol. The fourth-order valence-electron chi connectivity index (χ4n) is 5.05. The lowest BCUT2D eigenvalue weighted by Gasteiger charge is -2.38. The molecule has 2 heterocycles. The van der Waals surface area contributed by atoms with Gasteiger partial charge in [-0.1, -0.05) is 54.6 Å². The van der Waals surface area contributed by atoms with E-state index in [4.69, 9.17) is 9.15 Å². The van der Waals surface area contributed by atoms with Gasteiger partial charge in [-0.25, -0.2) is 9.37 Å². The zero-order valence-corrected chi connectivity index (χ0v) is 21.1. The summed E-state index contributed by atoms with van der Waals surface area (Å²) in [5, 5.41) is 2.90. The van der Waals surface area contributed by atoms with Crippen molar-refractivity contribution in [3.63, 3.8) is 0 Å². The van der Waals surface area contributed by atoms with Gasteiger partial charge in [-0.3, -0.25) is 9.69 Å². The molecular formula is C31H30FN3O3. The highest BCUT2D eigenvalue weighted by molar-refractivity contribution is 5.91. The van der Waals surface area contributed by atoms with Gasteiger partial charge in [0.25, 0.3) is 5.91 Å². The molecule has 0 spiro atoms. The number of nitrogens with zero attached hydrogens (tertiary/aromatic N) is 2. The second kappa shape index (κ2) is 10.8. The first-order valence-electron chi connectivity index (χ1n) is 13.1. The number of ether oxygens (including phenoxy) is 1. The summed E-state index contributed by atoms with van der Waals surface area (Å²) >= 11 is 0. The van der Waals surface area contributed by atoms with E-state index in [0.29, 0.717) is 36.2 Å². The third-order valence-electron chi connectivity index (χ3n) is 7.29. The number of hydrogen-bond acceptors (Lipinski definition) is 5. The molecule has 38 heavy (non-hydrogen) atoms. The summed E-state index contributed by atoms with van der Waals surface area (Å²) in [4.78, 5) is 18.9. The number of carbonyl (C=O) groups is 1. The second-order valence-corrected chi connectivity index (χ2v) is 10.1. The Bertz CT molecular complexity index is 1420. The maximum atomic E-state index is 14.5. The van der Waals surface area contributed by atoms with E-state index >= 15 is 0 Å². The molecule has 4 aromatic rings. The summed E-state index contributed by atoms with van der Waals surface area (Å²) in [6.45, 7) is 2.13. The Labute approximate surface area is 221 Å². The summed E-state index contributed by atoms with van der Waals surface area (Å²) in [6.07, 6.45) is 4.59. The van der Waals surface area contributed by atoms with Gasteiger partial charge in [-0.15, -0.1) is 0 Å². The number of nitrogens with one attached hydrogen (secondary N) is 1. The van der Waals surface area contributed by atoms with Crippen LogP contribution in [0.15, 0.2) is 83.5 Å². The van der Waals surface area contributed by atoms with Gasteiger partial charge in [0.2, 0.25) is 5.89 Å². The number of hydrogen-bond donors (Lipinski definition) is 1. The Balaban J connectivity index is 1.20. The van der Waals surface area contributed by atoms with Crippen LogP contribution < -0.4 is 10.1 Å². The Morgan fingerprint density at radius 3 is 2.71 bits per heavy atom. The Morgan fingerprint density at radius 1 is 1.08 bits per heavy atom. The minimum Gasteiger partial charge on any atom is -0.484 e. The zero-order chi connectivity index (χ0) is 25.9. The van der Waals surface area contributed by atoms with Crippen LogP contribution in [0.2, 0.25) is 0 Å². The number of aromatic nitrogens is 1. The van der Waals surface area contributed by atoms with Crippen LogP contribution in [0.4, 0.5) is 4.39 Å². The van der Waals surface area contributed by atoms with E-state index in [2.05, 4.69) is 39.5 Å². The number of carbonyl (C=O) groups excluding carboxylic acids is 1. The standard InChI is InChI=1S/C31H30FN3O3/c32-27-9-5-4-8-24(27)18-35-15-14-22-12-13-25(16-26(22)30(35)23-6-2-1-3-7-23)37-20-29-34-28(19-38-29)31(36)33-17-21-10-11-21/h1-9,12-13,16,19,21,30H,10-11,14-15,17-18,20H2,(H,33,36). The van der Waals surface area contributed by atoms with Crippen LogP contribution >= 0.6 is 0 Å². The van der Waals surface area contributed by atoms with Gasteiger partial charge in [0, 0.05) is 25.2 Å². The number of amides is 1. The van der Waals surface area contributed by atoms with Gasteiger partial charge in [0.05, 0.1) is 6.04 Å². The lowest BCUT2D eigenvalue weighted by molar-refractivity contribution is 0.0946. The highest BCUT2D eigenvalue weighted by atomic mass is 19.1. The van der Waals surface area contributed by atoms with Crippen molar-refractivity contribution in [3.05, 3.63) is 119 Å². The van der Waals surface area contributed by atoms with E-state index in [1.165, 1.54) is 30.7 Å². The predicted octanol–water partition coefficient (Wildman–Crippen LogP) is 5.68. The maximum absolute atomic E-state index is 14.5. The summed E-state index contributed by atoms with van der Waals surface area (Å²) in [5.41, 5.74) is 4.50. The van der Waals surface area contributed by atoms with Crippen LogP contribution in [-0.2, 0) is 19.6 Å². The highest BCUT2D eigenvalue weighted by Gasteiger charge is 2.30. The van der Waals surface area contributed by atoms with E-state index in [-0.39, 0.29) is 30.1 Å². The first-order valence-corrected chi connectivity index (χ1v) is 13.1. The average molecular weight is 512 g/mol. The fraction of sp³-hybridized carbons (Fsp3) is 0.290. The van der Waals surface area contributed by atoms with Crippen molar-refractivity contribution in [2.75, 3.05) is 13.1 Å². The summed E-state index contributed by atoms with van der Waals surface area (Å²) in [6, 6.07) is 23.4. The maximum Gasteiger partial charge on any atom is 0.273 e. The van der Waals surface area contributed by atoms with Crippen molar-refractivity contribution in [1.29, 1.82) is 0 Å². The van der Waals surface area contributed by atoms with Crippen molar-refractivity contribution in [2.45, 2.75) is 38.5 Å². The van der Waals surface area contributed by atoms with Crippen LogP contribution in [0.25, 0.3) is 0 Å². The number of rotatable bonds is 9. The molecule has 3 aromatic carbocycles. The summed E-state index contributed by atoms with van der Waals surface area (Å²) in [7, 11) is 0. The first-order chi connectivity index (χ1) is 18.6. The van der Waals surface area contributed by atoms with E-state index < -0.39 is 0 Å². The van der Waals surface area contributed by atoms with Gasteiger partial charge in [-0.2, -0.15) is 0 Å². The molecule has 194 valence electrons. The van der Waals surface area contributed by atoms with E-state index in [9.17, 15) is 9.18 Å². The first kappa shape index (κ1) is 24.4. The molecule has 1 fully saturated rings. The minimum atomic E-state index is -0.221. The topological polar surface area (TPSA) is 67.6 Å². The van der Waals surface area contributed by atoms with Gasteiger partial charge >= 0.3 is 0 Å². The Kier molecular flexibility index (Phi) is 6.92. The Morgan fingerprint density at radius 2 is 1.89 bits per heavy atom. The van der Waals surface area contributed by atoms with Crippen LogP contribution in [0.1, 0.15) is 57.5 Å². The lowest BCUT2D eigenvalue weighted by atomic mass is 9.87. The molecule has 1 amide bonds. The Hall–Kier alpha value is -3.97. The molecule has 1 saturated carbocycles. The molecule has 1 N–H and O–H groups in total. The molecule has 1 aromatic heterocycles. The molecule has 1 aliphatic heterocycles. The van der Waals surface area contributed by atoms with Crippen molar-refractivity contribution in [3.8, 4) is 5.75 Å². The SMILES string of the molecule is O=C(NCC1CC1)c1coc(COc2ccc3c(c2)C(c2ccccc2)N(Cc2ccccc2F)CC3)n1.